The van der Waals surface area contributed by atoms with Crippen molar-refractivity contribution >= 4 is 12.4 Å². The van der Waals surface area contributed by atoms with Crippen LogP contribution in [0.1, 0.15) is 12.8 Å². The number of rotatable bonds is 2. The Morgan fingerprint density at radius 2 is 2.45 bits per heavy atom. The van der Waals surface area contributed by atoms with Crippen LogP contribution in [0.25, 0.3) is 0 Å². The van der Waals surface area contributed by atoms with E-state index in [-0.39, 0.29) is 12.4 Å². The van der Waals surface area contributed by atoms with E-state index in [4.69, 9.17) is 4.74 Å². The van der Waals surface area contributed by atoms with E-state index in [0.717, 1.165) is 13.2 Å². The Bertz CT molecular complexity index is 117. The van der Waals surface area contributed by atoms with Gasteiger partial charge in [-0.1, -0.05) is 11.6 Å². The Morgan fingerprint density at radius 3 is 3.00 bits per heavy atom. The van der Waals surface area contributed by atoms with Gasteiger partial charge in [0.2, 0.25) is 0 Å². The first-order valence-electron chi connectivity index (χ1n) is 3.81. The summed E-state index contributed by atoms with van der Waals surface area (Å²) in [7, 11) is 1.73. The van der Waals surface area contributed by atoms with Gasteiger partial charge in [-0.05, 0) is 19.4 Å². The quantitative estimate of drug-likeness (QED) is 0.644. The summed E-state index contributed by atoms with van der Waals surface area (Å²) in [5, 5.41) is 3.32. The van der Waals surface area contributed by atoms with Crippen molar-refractivity contribution in [2.24, 2.45) is 0 Å². The third-order valence-corrected chi connectivity index (χ3v) is 1.74. The van der Waals surface area contributed by atoms with Crippen LogP contribution in [0.5, 0.6) is 0 Å². The Morgan fingerprint density at radius 1 is 1.64 bits per heavy atom. The van der Waals surface area contributed by atoms with Crippen LogP contribution in [-0.4, -0.2) is 26.8 Å². The standard InChI is InChI=1S/C8H15NO.ClH/c1-10-6-4-8-3-2-5-9-7-8;/h4,9H,2-3,5-7H2,1H3;1H/b8-4+;. The molecule has 2 nitrogen and oxygen atoms in total. The Balaban J connectivity index is 0.000001000. The van der Waals surface area contributed by atoms with Crippen LogP contribution in [0.4, 0.5) is 0 Å². The summed E-state index contributed by atoms with van der Waals surface area (Å²) in [5.74, 6) is 0. The molecule has 3 heteroatoms. The first-order chi connectivity index (χ1) is 4.93. The smallest absolute Gasteiger partial charge is 0.0646 e. The molecule has 1 aliphatic rings. The highest BCUT2D eigenvalue weighted by Crippen LogP contribution is 2.07. The summed E-state index contributed by atoms with van der Waals surface area (Å²) in [6.45, 7) is 2.99. The zero-order valence-corrected chi connectivity index (χ0v) is 7.75. The largest absolute Gasteiger partial charge is 0.381 e. The molecule has 0 amide bonds. The van der Waals surface area contributed by atoms with Gasteiger partial charge >= 0.3 is 0 Å². The normalized spacial score (nSPS) is 21.4. The molecule has 1 N–H and O–H groups in total. The minimum absolute atomic E-state index is 0. The van der Waals surface area contributed by atoms with E-state index in [2.05, 4.69) is 11.4 Å². The SMILES string of the molecule is COC/C=C1\CCCNC1.Cl. The highest BCUT2D eigenvalue weighted by atomic mass is 35.5. The maximum Gasteiger partial charge on any atom is 0.0646 e. The molecule has 0 saturated carbocycles. The minimum Gasteiger partial charge on any atom is -0.381 e. The molecule has 1 aliphatic heterocycles. The number of piperidine rings is 1. The average Bonchev–Trinajstić information content (AvgIpc) is 2.03. The molecule has 0 aromatic heterocycles. The lowest BCUT2D eigenvalue weighted by atomic mass is 10.1. The number of hydrogen-bond donors (Lipinski definition) is 1. The van der Waals surface area contributed by atoms with Crippen molar-refractivity contribution in [2.75, 3.05) is 26.8 Å². The predicted octanol–water partition coefficient (Wildman–Crippen LogP) is 1.36. The van der Waals surface area contributed by atoms with Crippen molar-refractivity contribution in [1.29, 1.82) is 0 Å². The van der Waals surface area contributed by atoms with Gasteiger partial charge in [0.25, 0.3) is 0 Å². The highest BCUT2D eigenvalue weighted by Gasteiger charge is 2.02. The Labute approximate surface area is 74.4 Å². The third kappa shape index (κ3) is 4.40. The van der Waals surface area contributed by atoms with Gasteiger partial charge < -0.3 is 10.1 Å². The van der Waals surface area contributed by atoms with Crippen LogP contribution < -0.4 is 5.32 Å². The van der Waals surface area contributed by atoms with Crippen LogP contribution in [0, 0.1) is 0 Å². The first-order valence-corrected chi connectivity index (χ1v) is 3.81. The van der Waals surface area contributed by atoms with E-state index in [0.29, 0.717) is 0 Å². The van der Waals surface area contributed by atoms with Gasteiger partial charge in [-0.15, -0.1) is 12.4 Å². The first kappa shape index (κ1) is 11.0. The summed E-state index contributed by atoms with van der Waals surface area (Å²) < 4.78 is 4.94. The van der Waals surface area contributed by atoms with E-state index in [9.17, 15) is 0 Å². The zero-order valence-electron chi connectivity index (χ0n) is 6.93. The fraction of sp³-hybridized carbons (Fsp3) is 0.750. The second kappa shape index (κ2) is 6.65. The van der Waals surface area contributed by atoms with Crippen molar-refractivity contribution in [3.63, 3.8) is 0 Å². The molecule has 66 valence electrons. The van der Waals surface area contributed by atoms with E-state index in [1.165, 1.54) is 25.0 Å². The molecule has 0 spiro atoms. The summed E-state index contributed by atoms with van der Waals surface area (Å²) in [6.07, 6.45) is 4.69. The van der Waals surface area contributed by atoms with Gasteiger partial charge in [0.1, 0.15) is 0 Å². The van der Waals surface area contributed by atoms with Gasteiger partial charge in [0, 0.05) is 13.7 Å². The Kier molecular flexibility index (Phi) is 6.62. The second-order valence-electron chi connectivity index (χ2n) is 2.60. The fourth-order valence-electron chi connectivity index (χ4n) is 1.15. The molecule has 1 saturated heterocycles. The maximum absolute atomic E-state index is 4.94. The van der Waals surface area contributed by atoms with Gasteiger partial charge in [0.15, 0.2) is 0 Å². The lowest BCUT2D eigenvalue weighted by Crippen LogP contribution is -2.23. The number of ether oxygens (including phenoxy) is 1. The Hall–Kier alpha value is -0.0500. The molecule has 0 bridgehead atoms. The van der Waals surface area contributed by atoms with Crippen molar-refractivity contribution in [3.8, 4) is 0 Å². The maximum atomic E-state index is 4.94. The fourth-order valence-corrected chi connectivity index (χ4v) is 1.15. The minimum atomic E-state index is 0. The number of hydrogen-bond acceptors (Lipinski definition) is 2. The summed E-state index contributed by atoms with van der Waals surface area (Å²) in [4.78, 5) is 0. The molecule has 1 heterocycles. The van der Waals surface area contributed by atoms with Gasteiger partial charge in [0.05, 0.1) is 6.61 Å². The number of nitrogens with one attached hydrogen (secondary N) is 1. The van der Waals surface area contributed by atoms with Crippen LogP contribution >= 0.6 is 12.4 Å². The molecule has 0 aliphatic carbocycles. The number of halogens is 1. The molecule has 1 fully saturated rings. The van der Waals surface area contributed by atoms with Crippen molar-refractivity contribution in [1.82, 2.24) is 5.32 Å². The molecule has 0 aromatic rings. The van der Waals surface area contributed by atoms with E-state index in [1.54, 1.807) is 7.11 Å². The third-order valence-electron chi connectivity index (χ3n) is 1.74. The van der Waals surface area contributed by atoms with Crippen LogP contribution in [0.3, 0.4) is 0 Å². The van der Waals surface area contributed by atoms with Crippen LogP contribution in [0.2, 0.25) is 0 Å². The lowest BCUT2D eigenvalue weighted by Gasteiger charge is -2.14. The van der Waals surface area contributed by atoms with E-state index in [1.807, 2.05) is 0 Å². The van der Waals surface area contributed by atoms with Crippen molar-refractivity contribution in [3.05, 3.63) is 11.6 Å². The van der Waals surface area contributed by atoms with E-state index >= 15 is 0 Å². The van der Waals surface area contributed by atoms with Crippen molar-refractivity contribution in [2.45, 2.75) is 12.8 Å². The van der Waals surface area contributed by atoms with Gasteiger partial charge in [-0.25, -0.2) is 0 Å². The van der Waals surface area contributed by atoms with Crippen molar-refractivity contribution < 1.29 is 4.74 Å². The molecule has 11 heavy (non-hydrogen) atoms. The topological polar surface area (TPSA) is 21.3 Å². The molecule has 0 unspecified atom stereocenters. The molecule has 0 aromatic carbocycles. The molecular weight excluding hydrogens is 162 g/mol. The predicted molar refractivity (Wildman–Crippen MR) is 49.3 cm³/mol. The van der Waals surface area contributed by atoms with Gasteiger partial charge in [-0.3, -0.25) is 0 Å². The summed E-state index contributed by atoms with van der Waals surface area (Å²) >= 11 is 0. The second-order valence-corrected chi connectivity index (χ2v) is 2.60. The zero-order chi connectivity index (χ0) is 7.23. The van der Waals surface area contributed by atoms with Crippen LogP contribution in [0.15, 0.2) is 11.6 Å². The number of methoxy groups -OCH3 is 1. The van der Waals surface area contributed by atoms with Crippen LogP contribution in [-0.2, 0) is 4.74 Å². The highest BCUT2D eigenvalue weighted by molar-refractivity contribution is 5.85. The average molecular weight is 178 g/mol. The molecule has 1 rings (SSSR count). The molecule has 0 atom stereocenters. The van der Waals surface area contributed by atoms with Gasteiger partial charge in [-0.2, -0.15) is 0 Å². The summed E-state index contributed by atoms with van der Waals surface area (Å²) in [6, 6.07) is 0. The van der Waals surface area contributed by atoms with E-state index < -0.39 is 0 Å². The monoisotopic (exact) mass is 177 g/mol. The molecular formula is C8H16ClNO. The summed E-state index contributed by atoms with van der Waals surface area (Å²) in [5.41, 5.74) is 1.49. The lowest BCUT2D eigenvalue weighted by molar-refractivity contribution is 0.232. The molecule has 0 radical (unpaired) electrons.